The van der Waals surface area contributed by atoms with Crippen LogP contribution in [0.15, 0.2) is 22.7 Å². The SMILES string of the molecule is COCC(O)CN(C)c1cc(Br)ccc1C(C)N. The number of aliphatic hydroxyl groups is 1. The average Bonchev–Trinajstić information content (AvgIpc) is 2.28. The summed E-state index contributed by atoms with van der Waals surface area (Å²) in [5.74, 6) is 0. The minimum atomic E-state index is -0.514. The monoisotopic (exact) mass is 316 g/mol. The Balaban J connectivity index is 2.89. The molecule has 0 saturated heterocycles. The molecule has 5 heteroatoms. The van der Waals surface area contributed by atoms with E-state index < -0.39 is 6.10 Å². The standard InChI is InChI=1S/C13H21BrN2O2/c1-9(15)12-5-4-10(14)6-13(12)16(2)7-11(17)8-18-3/h4-6,9,11,17H,7-8,15H2,1-3H3. The zero-order chi connectivity index (χ0) is 13.7. The Hall–Kier alpha value is -0.620. The maximum atomic E-state index is 9.77. The Kier molecular flexibility index (Phi) is 6.08. The van der Waals surface area contributed by atoms with Crippen molar-refractivity contribution < 1.29 is 9.84 Å². The molecule has 0 aliphatic rings. The summed E-state index contributed by atoms with van der Waals surface area (Å²) >= 11 is 3.46. The number of likely N-dealkylation sites (N-methyl/N-ethyl adjacent to an activating group) is 1. The minimum absolute atomic E-state index is 0.0462. The molecule has 2 atom stereocenters. The van der Waals surface area contributed by atoms with Crippen LogP contribution in [-0.4, -0.2) is 38.5 Å². The van der Waals surface area contributed by atoms with Crippen LogP contribution in [0.4, 0.5) is 5.69 Å². The topological polar surface area (TPSA) is 58.7 Å². The van der Waals surface area contributed by atoms with E-state index in [0.717, 1.165) is 15.7 Å². The molecule has 0 saturated carbocycles. The molecule has 2 unspecified atom stereocenters. The lowest BCUT2D eigenvalue weighted by atomic mass is 10.1. The Bertz CT molecular complexity index is 385. The molecule has 1 aromatic carbocycles. The van der Waals surface area contributed by atoms with Crippen molar-refractivity contribution in [1.82, 2.24) is 0 Å². The van der Waals surface area contributed by atoms with Gasteiger partial charge in [-0.2, -0.15) is 0 Å². The van der Waals surface area contributed by atoms with Crippen molar-refractivity contribution in [2.75, 3.05) is 32.2 Å². The fraction of sp³-hybridized carbons (Fsp3) is 0.538. The van der Waals surface area contributed by atoms with Gasteiger partial charge in [0.1, 0.15) is 0 Å². The maximum Gasteiger partial charge on any atom is 0.0947 e. The lowest BCUT2D eigenvalue weighted by Gasteiger charge is -2.26. The quantitative estimate of drug-likeness (QED) is 0.841. The molecule has 1 aromatic rings. The number of aliphatic hydroxyl groups excluding tert-OH is 1. The molecule has 0 spiro atoms. The third-order valence-electron chi connectivity index (χ3n) is 2.74. The predicted molar refractivity (Wildman–Crippen MR) is 77.9 cm³/mol. The summed E-state index contributed by atoms with van der Waals surface area (Å²) in [6.07, 6.45) is -0.514. The van der Waals surface area contributed by atoms with Crippen LogP contribution in [-0.2, 0) is 4.74 Å². The lowest BCUT2D eigenvalue weighted by molar-refractivity contribution is 0.0695. The first-order chi connectivity index (χ1) is 8.45. The molecule has 0 bridgehead atoms. The second kappa shape index (κ2) is 7.09. The second-order valence-corrected chi connectivity index (χ2v) is 5.40. The number of ether oxygens (including phenoxy) is 1. The van der Waals surface area contributed by atoms with Crippen molar-refractivity contribution in [3.8, 4) is 0 Å². The molecule has 102 valence electrons. The van der Waals surface area contributed by atoms with E-state index in [4.69, 9.17) is 10.5 Å². The van der Waals surface area contributed by atoms with Crippen molar-refractivity contribution in [3.63, 3.8) is 0 Å². The molecule has 0 amide bonds. The molecular weight excluding hydrogens is 296 g/mol. The number of rotatable bonds is 6. The van der Waals surface area contributed by atoms with E-state index in [1.54, 1.807) is 7.11 Å². The molecule has 0 radical (unpaired) electrons. The van der Waals surface area contributed by atoms with E-state index in [1.165, 1.54) is 0 Å². The summed E-state index contributed by atoms with van der Waals surface area (Å²) in [5.41, 5.74) is 8.05. The van der Waals surface area contributed by atoms with Crippen molar-refractivity contribution in [2.24, 2.45) is 5.73 Å². The van der Waals surface area contributed by atoms with Gasteiger partial charge in [-0.1, -0.05) is 22.0 Å². The van der Waals surface area contributed by atoms with Crippen molar-refractivity contribution in [1.29, 1.82) is 0 Å². The molecule has 0 aromatic heterocycles. The number of halogens is 1. The van der Waals surface area contributed by atoms with Gasteiger partial charge in [0.05, 0.1) is 12.7 Å². The highest BCUT2D eigenvalue weighted by Crippen LogP contribution is 2.28. The molecular formula is C13H21BrN2O2. The molecule has 4 nitrogen and oxygen atoms in total. The highest BCUT2D eigenvalue weighted by atomic mass is 79.9. The molecule has 0 heterocycles. The van der Waals surface area contributed by atoms with Crippen molar-refractivity contribution in [2.45, 2.75) is 19.1 Å². The highest BCUT2D eigenvalue weighted by molar-refractivity contribution is 9.10. The maximum absolute atomic E-state index is 9.77. The van der Waals surface area contributed by atoms with Gasteiger partial charge >= 0.3 is 0 Å². The predicted octanol–water partition coefficient (Wildman–Crippen LogP) is 1.91. The van der Waals surface area contributed by atoms with E-state index in [1.807, 2.05) is 37.1 Å². The number of methoxy groups -OCH3 is 1. The molecule has 0 fully saturated rings. The van der Waals surface area contributed by atoms with Gasteiger partial charge in [0.25, 0.3) is 0 Å². The number of hydrogen-bond acceptors (Lipinski definition) is 4. The fourth-order valence-corrected chi connectivity index (χ4v) is 2.24. The average molecular weight is 317 g/mol. The van der Waals surface area contributed by atoms with Crippen LogP contribution in [0.2, 0.25) is 0 Å². The normalized spacial score (nSPS) is 14.3. The summed E-state index contributed by atoms with van der Waals surface area (Å²) in [4.78, 5) is 1.99. The van der Waals surface area contributed by atoms with Gasteiger partial charge in [0.15, 0.2) is 0 Å². The van der Waals surface area contributed by atoms with Crippen LogP contribution in [0.25, 0.3) is 0 Å². The molecule has 18 heavy (non-hydrogen) atoms. The first kappa shape index (κ1) is 15.4. The van der Waals surface area contributed by atoms with Crippen LogP contribution in [0.5, 0.6) is 0 Å². The number of benzene rings is 1. The number of nitrogens with two attached hydrogens (primary N) is 1. The number of nitrogens with zero attached hydrogens (tertiary/aromatic N) is 1. The van der Waals surface area contributed by atoms with Crippen LogP contribution in [0, 0.1) is 0 Å². The van der Waals surface area contributed by atoms with E-state index >= 15 is 0 Å². The first-order valence-corrected chi connectivity index (χ1v) is 6.68. The molecule has 0 aliphatic heterocycles. The van der Waals surface area contributed by atoms with Crippen molar-refractivity contribution >= 4 is 21.6 Å². The van der Waals surface area contributed by atoms with E-state index in [0.29, 0.717) is 13.2 Å². The number of anilines is 1. The van der Waals surface area contributed by atoms with Crippen molar-refractivity contribution in [3.05, 3.63) is 28.2 Å². The highest BCUT2D eigenvalue weighted by Gasteiger charge is 2.14. The van der Waals surface area contributed by atoms with Crippen LogP contribution >= 0.6 is 15.9 Å². The zero-order valence-electron chi connectivity index (χ0n) is 11.1. The Morgan fingerprint density at radius 3 is 2.72 bits per heavy atom. The summed E-state index contributed by atoms with van der Waals surface area (Å²) in [6, 6.07) is 5.94. The second-order valence-electron chi connectivity index (χ2n) is 4.48. The Morgan fingerprint density at radius 2 is 2.17 bits per heavy atom. The van der Waals surface area contributed by atoms with Crippen LogP contribution in [0.3, 0.4) is 0 Å². The summed E-state index contributed by atoms with van der Waals surface area (Å²) in [6.45, 7) is 2.78. The van der Waals surface area contributed by atoms with Crippen LogP contribution in [0.1, 0.15) is 18.5 Å². The van der Waals surface area contributed by atoms with Gasteiger partial charge in [0.2, 0.25) is 0 Å². The van der Waals surface area contributed by atoms with E-state index in [-0.39, 0.29) is 6.04 Å². The fourth-order valence-electron chi connectivity index (χ4n) is 1.89. The third-order valence-corrected chi connectivity index (χ3v) is 3.23. The number of hydrogen-bond donors (Lipinski definition) is 2. The first-order valence-electron chi connectivity index (χ1n) is 5.89. The van der Waals surface area contributed by atoms with Gasteiger partial charge in [0, 0.05) is 36.9 Å². The summed E-state index contributed by atoms with van der Waals surface area (Å²) < 4.78 is 5.93. The van der Waals surface area contributed by atoms with Gasteiger partial charge in [-0.25, -0.2) is 0 Å². The Morgan fingerprint density at radius 1 is 1.50 bits per heavy atom. The zero-order valence-corrected chi connectivity index (χ0v) is 12.6. The van der Waals surface area contributed by atoms with Gasteiger partial charge in [-0.05, 0) is 24.6 Å². The smallest absolute Gasteiger partial charge is 0.0947 e. The molecule has 1 rings (SSSR count). The summed E-state index contributed by atoms with van der Waals surface area (Å²) in [5, 5.41) is 9.77. The molecule has 0 aliphatic carbocycles. The summed E-state index contributed by atoms with van der Waals surface area (Å²) in [7, 11) is 3.52. The van der Waals surface area contributed by atoms with E-state index in [9.17, 15) is 5.11 Å². The van der Waals surface area contributed by atoms with Gasteiger partial charge in [-0.15, -0.1) is 0 Å². The van der Waals surface area contributed by atoms with E-state index in [2.05, 4.69) is 15.9 Å². The third kappa shape index (κ3) is 4.24. The molecule has 3 N–H and O–H groups in total. The van der Waals surface area contributed by atoms with Gasteiger partial charge < -0.3 is 20.5 Å². The van der Waals surface area contributed by atoms with Gasteiger partial charge in [-0.3, -0.25) is 0 Å². The lowest BCUT2D eigenvalue weighted by Crippen LogP contribution is -2.32. The van der Waals surface area contributed by atoms with Crippen LogP contribution < -0.4 is 10.6 Å². The minimum Gasteiger partial charge on any atom is -0.389 e. The largest absolute Gasteiger partial charge is 0.389 e. The Labute approximate surface area is 117 Å².